The van der Waals surface area contributed by atoms with Crippen molar-refractivity contribution < 1.29 is 4.92 Å². The van der Waals surface area contributed by atoms with E-state index in [2.05, 4.69) is 4.90 Å². The minimum Gasteiger partial charge on any atom is -0.303 e. The molecule has 3 aliphatic heterocycles. The van der Waals surface area contributed by atoms with Crippen molar-refractivity contribution in [3.63, 3.8) is 0 Å². The number of hydrogen-bond acceptors (Lipinski definition) is 3. The van der Waals surface area contributed by atoms with Gasteiger partial charge in [0.1, 0.15) is 0 Å². The molecule has 0 amide bonds. The van der Waals surface area contributed by atoms with Gasteiger partial charge in [-0.25, -0.2) is 0 Å². The lowest BCUT2D eigenvalue weighted by Gasteiger charge is -2.44. The van der Waals surface area contributed by atoms with Crippen LogP contribution in [0.1, 0.15) is 24.3 Å². The molecular weight excluding hydrogens is 216 g/mol. The van der Waals surface area contributed by atoms with Gasteiger partial charge >= 0.3 is 0 Å². The van der Waals surface area contributed by atoms with E-state index in [1.807, 2.05) is 12.1 Å². The van der Waals surface area contributed by atoms with Crippen LogP contribution < -0.4 is 0 Å². The predicted molar refractivity (Wildman–Crippen MR) is 65.0 cm³/mol. The van der Waals surface area contributed by atoms with E-state index in [0.29, 0.717) is 17.5 Å². The highest BCUT2D eigenvalue weighted by atomic mass is 16.6. The first-order valence-corrected chi connectivity index (χ1v) is 6.21. The summed E-state index contributed by atoms with van der Waals surface area (Å²) < 4.78 is 0. The molecule has 90 valence electrons. The number of rotatable bonds is 2. The van der Waals surface area contributed by atoms with Crippen molar-refractivity contribution in [2.24, 2.45) is 5.92 Å². The standard InChI is InChI=1S/C13H16N2O2/c16-15(17)13-4-2-1-3-11(13)12-9-14-7-5-10(12)6-8-14/h1-4,10,12H,5-9H2. The Balaban J connectivity index is 1.96. The molecule has 0 aliphatic carbocycles. The van der Waals surface area contributed by atoms with Crippen LogP contribution in [0.5, 0.6) is 0 Å². The fourth-order valence-electron chi connectivity index (χ4n) is 3.28. The molecule has 0 saturated carbocycles. The SMILES string of the molecule is O=[N+]([O-])c1ccccc1C1CN2CCC1CC2. The van der Waals surface area contributed by atoms with Gasteiger partial charge in [-0.05, 0) is 31.8 Å². The monoisotopic (exact) mass is 232 g/mol. The van der Waals surface area contributed by atoms with Gasteiger partial charge < -0.3 is 4.90 Å². The summed E-state index contributed by atoms with van der Waals surface area (Å²) in [6.45, 7) is 3.33. The number of benzene rings is 1. The summed E-state index contributed by atoms with van der Waals surface area (Å²) in [5, 5.41) is 11.1. The second-order valence-electron chi connectivity index (χ2n) is 5.06. The molecule has 1 atom stereocenters. The molecule has 0 aromatic heterocycles. The van der Waals surface area contributed by atoms with Gasteiger partial charge in [-0.2, -0.15) is 0 Å². The van der Waals surface area contributed by atoms with Crippen LogP contribution in [0, 0.1) is 16.0 Å². The van der Waals surface area contributed by atoms with Crippen molar-refractivity contribution in [2.45, 2.75) is 18.8 Å². The first-order chi connectivity index (χ1) is 8.25. The molecule has 1 aromatic carbocycles. The first-order valence-electron chi connectivity index (χ1n) is 6.21. The lowest BCUT2D eigenvalue weighted by atomic mass is 9.75. The van der Waals surface area contributed by atoms with E-state index < -0.39 is 0 Å². The van der Waals surface area contributed by atoms with Crippen molar-refractivity contribution in [1.29, 1.82) is 0 Å². The Hall–Kier alpha value is -1.42. The topological polar surface area (TPSA) is 46.4 Å². The van der Waals surface area contributed by atoms with Crippen LogP contribution in [0.4, 0.5) is 5.69 Å². The maximum absolute atomic E-state index is 11.1. The third-order valence-corrected chi connectivity index (χ3v) is 4.19. The molecule has 17 heavy (non-hydrogen) atoms. The highest BCUT2D eigenvalue weighted by Gasteiger charge is 2.37. The number of nitrogens with zero attached hydrogens (tertiary/aromatic N) is 2. The van der Waals surface area contributed by atoms with Crippen LogP contribution in [-0.2, 0) is 0 Å². The van der Waals surface area contributed by atoms with Crippen molar-refractivity contribution in [1.82, 2.24) is 4.90 Å². The van der Waals surface area contributed by atoms with Crippen molar-refractivity contribution in [3.05, 3.63) is 39.9 Å². The molecule has 3 fully saturated rings. The van der Waals surface area contributed by atoms with Crippen molar-refractivity contribution >= 4 is 5.69 Å². The summed E-state index contributed by atoms with van der Waals surface area (Å²) >= 11 is 0. The summed E-state index contributed by atoms with van der Waals surface area (Å²) in [5.41, 5.74) is 1.23. The molecule has 3 heterocycles. The van der Waals surface area contributed by atoms with Crippen LogP contribution >= 0.6 is 0 Å². The lowest BCUT2D eigenvalue weighted by molar-refractivity contribution is -0.385. The Kier molecular flexibility index (Phi) is 2.59. The normalized spacial score (nSPS) is 31.4. The summed E-state index contributed by atoms with van der Waals surface area (Å²) in [5.74, 6) is 1.00. The van der Waals surface area contributed by atoms with Crippen LogP contribution in [-0.4, -0.2) is 29.5 Å². The molecule has 4 nitrogen and oxygen atoms in total. The van der Waals surface area contributed by atoms with Gasteiger partial charge in [0.25, 0.3) is 5.69 Å². The Morgan fingerprint density at radius 3 is 2.53 bits per heavy atom. The summed E-state index contributed by atoms with van der Waals surface area (Å²) in [7, 11) is 0. The van der Waals surface area contributed by atoms with Gasteiger partial charge in [0.05, 0.1) is 4.92 Å². The van der Waals surface area contributed by atoms with Gasteiger partial charge in [-0.3, -0.25) is 10.1 Å². The summed E-state index contributed by atoms with van der Waals surface area (Å²) in [4.78, 5) is 13.3. The minimum atomic E-state index is -0.243. The van der Waals surface area contributed by atoms with E-state index in [1.165, 1.54) is 25.9 Å². The summed E-state index contributed by atoms with van der Waals surface area (Å²) in [6, 6.07) is 7.24. The molecule has 1 unspecified atom stereocenters. The number of nitro groups is 1. The maximum Gasteiger partial charge on any atom is 0.272 e. The second kappa shape index (κ2) is 4.11. The third kappa shape index (κ3) is 1.82. The van der Waals surface area contributed by atoms with Crippen LogP contribution in [0.2, 0.25) is 0 Å². The van der Waals surface area contributed by atoms with E-state index in [0.717, 1.165) is 12.1 Å². The molecule has 3 saturated heterocycles. The maximum atomic E-state index is 11.1. The Morgan fingerprint density at radius 2 is 1.94 bits per heavy atom. The molecule has 3 aliphatic rings. The molecule has 4 heteroatoms. The molecule has 2 bridgehead atoms. The van der Waals surface area contributed by atoms with Gasteiger partial charge in [0.15, 0.2) is 0 Å². The molecular formula is C13H16N2O2. The minimum absolute atomic E-state index is 0.243. The zero-order chi connectivity index (χ0) is 11.8. The van der Waals surface area contributed by atoms with Crippen LogP contribution in [0.25, 0.3) is 0 Å². The van der Waals surface area contributed by atoms with Crippen LogP contribution in [0.3, 0.4) is 0 Å². The summed E-state index contributed by atoms with van der Waals surface area (Å²) in [6.07, 6.45) is 2.38. The zero-order valence-electron chi connectivity index (χ0n) is 9.71. The molecule has 4 rings (SSSR count). The number of para-hydroxylation sites is 1. The van der Waals surface area contributed by atoms with E-state index in [9.17, 15) is 10.1 Å². The average molecular weight is 232 g/mol. The zero-order valence-corrected chi connectivity index (χ0v) is 9.71. The molecule has 1 aromatic rings. The number of fused-ring (bicyclic) bond motifs is 3. The molecule has 0 radical (unpaired) electrons. The van der Waals surface area contributed by atoms with E-state index in [-0.39, 0.29) is 4.92 Å². The van der Waals surface area contributed by atoms with Gasteiger partial charge in [0, 0.05) is 24.1 Å². The lowest BCUT2D eigenvalue weighted by Crippen LogP contribution is -2.46. The molecule has 0 spiro atoms. The number of hydrogen-bond donors (Lipinski definition) is 0. The van der Waals surface area contributed by atoms with E-state index >= 15 is 0 Å². The fourth-order valence-corrected chi connectivity index (χ4v) is 3.28. The first kappa shape index (κ1) is 10.7. The van der Waals surface area contributed by atoms with E-state index in [1.54, 1.807) is 12.1 Å². The van der Waals surface area contributed by atoms with Crippen molar-refractivity contribution in [2.75, 3.05) is 19.6 Å². The van der Waals surface area contributed by atoms with Gasteiger partial charge in [-0.15, -0.1) is 0 Å². The van der Waals surface area contributed by atoms with E-state index in [4.69, 9.17) is 0 Å². The third-order valence-electron chi connectivity index (χ3n) is 4.19. The van der Waals surface area contributed by atoms with Gasteiger partial charge in [0.2, 0.25) is 0 Å². The Morgan fingerprint density at radius 1 is 1.24 bits per heavy atom. The smallest absolute Gasteiger partial charge is 0.272 e. The highest BCUT2D eigenvalue weighted by Crippen LogP contribution is 2.41. The van der Waals surface area contributed by atoms with Crippen molar-refractivity contribution in [3.8, 4) is 0 Å². The van der Waals surface area contributed by atoms with Crippen LogP contribution in [0.15, 0.2) is 24.3 Å². The fraction of sp³-hybridized carbons (Fsp3) is 0.538. The van der Waals surface area contributed by atoms with Gasteiger partial charge in [-0.1, -0.05) is 18.2 Å². The predicted octanol–water partition coefficient (Wildman–Crippen LogP) is 2.40. The average Bonchev–Trinajstić information content (AvgIpc) is 2.40. The second-order valence-corrected chi connectivity index (χ2v) is 5.06. The highest BCUT2D eigenvalue weighted by molar-refractivity contribution is 5.43. The Labute approximate surface area is 100 Å². The quantitative estimate of drug-likeness (QED) is 0.581. The number of nitro benzene ring substituents is 1. The number of piperidine rings is 3. The molecule has 0 N–H and O–H groups in total. The Bertz CT molecular complexity index is 439. The largest absolute Gasteiger partial charge is 0.303 e.